The number of aryl methyl sites for hydroxylation is 1. The first-order valence-electron chi connectivity index (χ1n) is 8.87. The van der Waals surface area contributed by atoms with E-state index in [0.29, 0.717) is 25.0 Å². The summed E-state index contributed by atoms with van der Waals surface area (Å²) >= 11 is 0. The van der Waals surface area contributed by atoms with Gasteiger partial charge in [-0.1, -0.05) is 12.1 Å². The van der Waals surface area contributed by atoms with E-state index in [1.165, 1.54) is 0 Å². The van der Waals surface area contributed by atoms with Gasteiger partial charge in [0.15, 0.2) is 9.84 Å². The summed E-state index contributed by atoms with van der Waals surface area (Å²) in [5.41, 5.74) is -0.0918. The van der Waals surface area contributed by atoms with Gasteiger partial charge in [-0.15, -0.1) is 0 Å². The minimum absolute atomic E-state index is 0.0309. The summed E-state index contributed by atoms with van der Waals surface area (Å²) in [7, 11) is -7.44. The van der Waals surface area contributed by atoms with Gasteiger partial charge in [-0.2, -0.15) is 13.2 Å². The summed E-state index contributed by atoms with van der Waals surface area (Å²) < 4.78 is 89.9. The van der Waals surface area contributed by atoms with E-state index in [1.54, 1.807) is 31.2 Å². The number of alkyl halides is 3. The second-order valence-electron chi connectivity index (χ2n) is 7.19. The lowest BCUT2D eigenvalue weighted by Crippen LogP contribution is -2.42. The van der Waals surface area contributed by atoms with Gasteiger partial charge in [0, 0.05) is 6.54 Å². The fraction of sp³-hybridized carbons (Fsp3) is 0.368. The molecule has 0 aromatic heterocycles. The Bertz CT molecular complexity index is 1090. The van der Waals surface area contributed by atoms with Crippen molar-refractivity contribution in [2.45, 2.75) is 41.0 Å². The van der Waals surface area contributed by atoms with Crippen LogP contribution in [0.5, 0.6) is 0 Å². The van der Waals surface area contributed by atoms with Gasteiger partial charge >= 0.3 is 6.18 Å². The molecule has 1 fully saturated rings. The predicted octanol–water partition coefficient (Wildman–Crippen LogP) is 3.54. The van der Waals surface area contributed by atoms with Crippen molar-refractivity contribution in [3.8, 4) is 0 Å². The molecule has 10 heteroatoms. The average Bonchev–Trinajstić information content (AvgIpc) is 2.59. The molecule has 0 spiro atoms. The van der Waals surface area contributed by atoms with Crippen LogP contribution in [0.15, 0.2) is 58.3 Å². The summed E-state index contributed by atoms with van der Waals surface area (Å²) in [6.07, 6.45) is -3.89. The quantitative estimate of drug-likeness (QED) is 0.735. The second-order valence-corrected chi connectivity index (χ2v) is 11.2. The first-order valence-corrected chi connectivity index (χ1v) is 11.9. The highest BCUT2D eigenvalue weighted by molar-refractivity contribution is 7.92. The number of sulfone groups is 1. The van der Waals surface area contributed by atoms with Gasteiger partial charge in [-0.25, -0.2) is 21.6 Å². The third-order valence-electron chi connectivity index (χ3n) is 5.00. The van der Waals surface area contributed by atoms with Gasteiger partial charge in [0.1, 0.15) is 0 Å². The van der Waals surface area contributed by atoms with Crippen molar-refractivity contribution in [2.24, 2.45) is 5.92 Å². The molecule has 1 saturated carbocycles. The van der Waals surface area contributed by atoms with E-state index in [1.807, 2.05) is 0 Å². The van der Waals surface area contributed by atoms with Crippen LogP contribution in [-0.4, -0.2) is 28.6 Å². The summed E-state index contributed by atoms with van der Waals surface area (Å²) in [6.45, 7) is 1.84. The topological polar surface area (TPSA) is 80.3 Å². The third-order valence-corrected chi connectivity index (χ3v) is 8.62. The molecule has 0 atom stereocenters. The Labute approximate surface area is 167 Å². The molecule has 1 aliphatic rings. The number of rotatable bonds is 6. The van der Waals surface area contributed by atoms with E-state index < -0.39 is 36.9 Å². The van der Waals surface area contributed by atoms with E-state index >= 15 is 0 Å². The molecular weight excluding hydrogens is 427 g/mol. The smallest absolute Gasteiger partial charge is 0.223 e. The lowest BCUT2D eigenvalue weighted by molar-refractivity contribution is -0.137. The van der Waals surface area contributed by atoms with E-state index in [0.717, 1.165) is 17.7 Å². The normalized spacial score (nSPS) is 20.3. The van der Waals surface area contributed by atoms with Crippen molar-refractivity contribution in [1.82, 2.24) is 4.72 Å². The highest BCUT2D eigenvalue weighted by atomic mass is 32.2. The maximum atomic E-state index is 12.6. The van der Waals surface area contributed by atoms with E-state index in [2.05, 4.69) is 4.72 Å². The minimum atomic E-state index is -4.54. The SMILES string of the molecule is Cc1cccc(S(=O)(=O)[C@H]2C[C@H](CNS(=O)(=O)c3ccc(C(F)(F)F)cc3)C2)c1. The van der Waals surface area contributed by atoms with Crippen molar-refractivity contribution in [3.63, 3.8) is 0 Å². The maximum Gasteiger partial charge on any atom is 0.416 e. The molecule has 2 aromatic rings. The lowest BCUT2D eigenvalue weighted by atomic mass is 9.85. The molecule has 0 radical (unpaired) electrons. The molecule has 29 heavy (non-hydrogen) atoms. The van der Waals surface area contributed by atoms with Gasteiger partial charge in [0.25, 0.3) is 0 Å². The molecule has 3 rings (SSSR count). The molecule has 5 nitrogen and oxygen atoms in total. The van der Waals surface area contributed by atoms with Crippen molar-refractivity contribution in [1.29, 1.82) is 0 Å². The standard InChI is InChI=1S/C19H20F3NO4S2/c1-13-3-2-4-17(9-13)28(24,25)18-10-14(11-18)12-23-29(26,27)16-7-5-15(6-8-16)19(20,21)22/h2-9,14,18,23H,10-12H2,1H3/t14-,18-. The Hall–Kier alpha value is -1.91. The van der Waals surface area contributed by atoms with Gasteiger partial charge in [-0.3, -0.25) is 0 Å². The van der Waals surface area contributed by atoms with Gasteiger partial charge < -0.3 is 0 Å². The summed E-state index contributed by atoms with van der Waals surface area (Å²) in [4.78, 5) is -0.0139. The van der Waals surface area contributed by atoms with E-state index in [-0.39, 0.29) is 22.3 Å². The van der Waals surface area contributed by atoms with Crippen LogP contribution in [-0.2, 0) is 26.0 Å². The van der Waals surface area contributed by atoms with Crippen molar-refractivity contribution < 1.29 is 30.0 Å². The molecule has 1 N–H and O–H groups in total. The molecule has 2 aromatic carbocycles. The Kier molecular flexibility index (Phi) is 5.81. The highest BCUT2D eigenvalue weighted by Gasteiger charge is 2.40. The zero-order chi connectivity index (χ0) is 21.4. The predicted molar refractivity (Wildman–Crippen MR) is 102 cm³/mol. The fourth-order valence-corrected chi connectivity index (χ4v) is 6.38. The molecule has 0 saturated heterocycles. The molecule has 0 amide bonds. The Balaban J connectivity index is 1.58. The maximum absolute atomic E-state index is 12.6. The third kappa shape index (κ3) is 4.81. The highest BCUT2D eigenvalue weighted by Crippen LogP contribution is 2.36. The summed E-state index contributed by atoms with van der Waals surface area (Å²) in [5.74, 6) is -0.149. The zero-order valence-corrected chi connectivity index (χ0v) is 17.1. The van der Waals surface area contributed by atoms with Crippen LogP contribution in [0.3, 0.4) is 0 Å². The van der Waals surface area contributed by atoms with Crippen LogP contribution in [0.4, 0.5) is 13.2 Å². The van der Waals surface area contributed by atoms with E-state index in [4.69, 9.17) is 0 Å². The largest absolute Gasteiger partial charge is 0.416 e. The molecule has 0 heterocycles. The fourth-order valence-electron chi connectivity index (χ4n) is 3.21. The minimum Gasteiger partial charge on any atom is -0.223 e. The van der Waals surface area contributed by atoms with Crippen LogP contribution >= 0.6 is 0 Å². The Morgan fingerprint density at radius 1 is 0.966 bits per heavy atom. The lowest BCUT2D eigenvalue weighted by Gasteiger charge is -2.34. The number of nitrogens with one attached hydrogen (secondary N) is 1. The van der Waals surface area contributed by atoms with Crippen LogP contribution < -0.4 is 4.72 Å². The number of sulfonamides is 1. The molecule has 158 valence electrons. The molecule has 0 unspecified atom stereocenters. The Morgan fingerprint density at radius 3 is 2.14 bits per heavy atom. The first kappa shape index (κ1) is 21.8. The van der Waals surface area contributed by atoms with Crippen molar-refractivity contribution in [2.75, 3.05) is 6.54 Å². The van der Waals surface area contributed by atoms with Crippen LogP contribution in [0.25, 0.3) is 0 Å². The molecule has 0 aliphatic heterocycles. The van der Waals surface area contributed by atoms with Gasteiger partial charge in [0.2, 0.25) is 10.0 Å². The Morgan fingerprint density at radius 2 is 1.59 bits per heavy atom. The second kappa shape index (κ2) is 7.73. The summed E-state index contributed by atoms with van der Waals surface area (Å²) in [5, 5.41) is -0.565. The number of hydrogen-bond acceptors (Lipinski definition) is 4. The first-order chi connectivity index (χ1) is 13.4. The van der Waals surface area contributed by atoms with E-state index in [9.17, 15) is 30.0 Å². The zero-order valence-electron chi connectivity index (χ0n) is 15.5. The van der Waals surface area contributed by atoms with Crippen molar-refractivity contribution >= 4 is 19.9 Å². The molecule has 1 aliphatic carbocycles. The van der Waals surface area contributed by atoms with Crippen LogP contribution in [0.2, 0.25) is 0 Å². The number of halogens is 3. The van der Waals surface area contributed by atoms with Gasteiger partial charge in [0.05, 0.1) is 20.6 Å². The molecular formula is C19H20F3NO4S2. The monoisotopic (exact) mass is 447 g/mol. The number of hydrogen-bond donors (Lipinski definition) is 1. The number of benzene rings is 2. The van der Waals surface area contributed by atoms with Crippen molar-refractivity contribution in [3.05, 3.63) is 59.7 Å². The molecule has 0 bridgehead atoms. The van der Waals surface area contributed by atoms with Gasteiger partial charge in [-0.05, 0) is 67.6 Å². The van der Waals surface area contributed by atoms with Crippen LogP contribution in [0, 0.1) is 12.8 Å². The van der Waals surface area contributed by atoms with Crippen LogP contribution in [0.1, 0.15) is 24.0 Å². The summed E-state index contributed by atoms with van der Waals surface area (Å²) in [6, 6.07) is 9.85. The average molecular weight is 448 g/mol.